The van der Waals surface area contributed by atoms with Crippen molar-refractivity contribution in [3.63, 3.8) is 0 Å². The largest absolute Gasteiger partial charge is 0.456 e. The second-order valence-corrected chi connectivity index (χ2v) is 6.36. The van der Waals surface area contributed by atoms with Crippen molar-refractivity contribution in [1.82, 2.24) is 10.0 Å². The van der Waals surface area contributed by atoms with Gasteiger partial charge < -0.3 is 10.1 Å². The molecule has 124 valence electrons. The Balaban J connectivity index is 2.39. The Labute approximate surface area is 139 Å². The first-order chi connectivity index (χ1) is 10.9. The zero-order valence-corrected chi connectivity index (χ0v) is 13.6. The summed E-state index contributed by atoms with van der Waals surface area (Å²) in [6.07, 6.45) is 4.72. The van der Waals surface area contributed by atoms with E-state index in [1.807, 2.05) is 0 Å². The molecule has 0 heterocycles. The number of hydrogen-bond acceptors (Lipinski definition) is 5. The Morgan fingerprint density at radius 3 is 2.65 bits per heavy atom. The van der Waals surface area contributed by atoms with Crippen LogP contribution in [0.4, 0.5) is 0 Å². The highest BCUT2D eigenvalue weighted by molar-refractivity contribution is 7.89. The van der Waals surface area contributed by atoms with Gasteiger partial charge in [-0.15, -0.1) is 6.42 Å². The van der Waals surface area contributed by atoms with E-state index in [4.69, 9.17) is 18.0 Å². The highest BCUT2D eigenvalue weighted by Crippen LogP contribution is 2.19. The van der Waals surface area contributed by atoms with Crippen LogP contribution in [0.3, 0.4) is 0 Å². The number of hydrogen-bond donors (Lipinski definition) is 2. The van der Waals surface area contributed by atoms with Crippen molar-refractivity contribution in [2.75, 3.05) is 19.7 Å². The number of carbonyl (C=O) groups is 2. The maximum atomic E-state index is 12.0. The molecule has 2 N–H and O–H groups in total. The lowest BCUT2D eigenvalue weighted by atomic mass is 10.4. The van der Waals surface area contributed by atoms with Gasteiger partial charge in [-0.1, -0.05) is 29.7 Å². The number of benzene rings is 1. The van der Waals surface area contributed by atoms with Gasteiger partial charge in [0.15, 0.2) is 6.61 Å². The second-order valence-electron chi connectivity index (χ2n) is 4.22. The Bertz CT molecular complexity index is 712. The number of esters is 1. The molecule has 0 unspecified atom stereocenters. The zero-order chi connectivity index (χ0) is 17.3. The molecular weight excluding hydrogens is 344 g/mol. The van der Waals surface area contributed by atoms with E-state index in [0.29, 0.717) is 0 Å². The molecule has 0 saturated carbocycles. The quantitative estimate of drug-likeness (QED) is 0.514. The fourth-order valence-electron chi connectivity index (χ4n) is 1.45. The molecule has 9 heteroatoms. The molecule has 0 fully saturated rings. The van der Waals surface area contributed by atoms with E-state index < -0.39 is 28.5 Å². The Morgan fingerprint density at radius 1 is 1.30 bits per heavy atom. The monoisotopic (exact) mass is 358 g/mol. The fourth-order valence-corrected chi connectivity index (χ4v) is 3.00. The number of rotatable bonds is 8. The minimum absolute atomic E-state index is 0.0357. The number of halogens is 1. The fraction of sp³-hybridized carbons (Fsp3) is 0.286. The average molecular weight is 359 g/mol. The molecule has 0 bridgehead atoms. The first-order valence-corrected chi connectivity index (χ1v) is 8.33. The topological polar surface area (TPSA) is 102 Å². The molecule has 1 aromatic rings. The normalized spacial score (nSPS) is 10.6. The van der Waals surface area contributed by atoms with Crippen LogP contribution >= 0.6 is 11.6 Å². The van der Waals surface area contributed by atoms with Crippen LogP contribution in [0.1, 0.15) is 6.42 Å². The van der Waals surface area contributed by atoms with E-state index in [1.54, 1.807) is 6.07 Å². The molecule has 0 aliphatic rings. The van der Waals surface area contributed by atoms with Crippen molar-refractivity contribution in [3.8, 4) is 12.3 Å². The van der Waals surface area contributed by atoms with Crippen LogP contribution in [-0.4, -0.2) is 40.0 Å². The van der Waals surface area contributed by atoms with Crippen LogP contribution in [0, 0.1) is 12.3 Å². The van der Waals surface area contributed by atoms with Gasteiger partial charge in [-0.25, -0.2) is 13.1 Å². The number of sulfonamides is 1. The summed E-state index contributed by atoms with van der Waals surface area (Å²) in [5.41, 5.74) is 0. The number of terminal acetylenes is 1. The summed E-state index contributed by atoms with van der Waals surface area (Å²) in [6.45, 7) is -0.621. The molecule has 0 saturated heterocycles. The Hall–Kier alpha value is -2.08. The molecule has 0 atom stereocenters. The summed E-state index contributed by atoms with van der Waals surface area (Å²) in [7, 11) is -3.82. The smallest absolute Gasteiger partial charge is 0.307 e. The second kappa shape index (κ2) is 9.15. The standard InChI is InChI=1S/C14H15ClN2O5S/c1-2-8-16-13(18)10-22-14(19)7-9-17-23(20,21)12-6-4-3-5-11(12)15/h1,3-6,17H,7-10H2,(H,16,18). The van der Waals surface area contributed by atoms with Gasteiger partial charge in [-0.3, -0.25) is 9.59 Å². The van der Waals surface area contributed by atoms with Gasteiger partial charge in [0, 0.05) is 6.54 Å². The first kappa shape index (κ1) is 19.0. The van der Waals surface area contributed by atoms with Crippen molar-refractivity contribution in [2.24, 2.45) is 0 Å². The van der Waals surface area contributed by atoms with Gasteiger partial charge in [-0.2, -0.15) is 0 Å². The van der Waals surface area contributed by atoms with Crippen LogP contribution in [0.2, 0.25) is 5.02 Å². The van der Waals surface area contributed by atoms with Gasteiger partial charge in [0.05, 0.1) is 18.0 Å². The first-order valence-electron chi connectivity index (χ1n) is 6.47. The Kier molecular flexibility index (Phi) is 7.54. The van der Waals surface area contributed by atoms with Crippen molar-refractivity contribution in [2.45, 2.75) is 11.3 Å². The zero-order valence-electron chi connectivity index (χ0n) is 12.0. The van der Waals surface area contributed by atoms with Crippen LogP contribution in [0.25, 0.3) is 0 Å². The molecule has 1 amide bonds. The third kappa shape index (κ3) is 6.69. The van der Waals surface area contributed by atoms with Gasteiger partial charge >= 0.3 is 5.97 Å². The summed E-state index contributed by atoms with van der Waals surface area (Å²) < 4.78 is 30.9. The highest BCUT2D eigenvalue weighted by atomic mass is 35.5. The lowest BCUT2D eigenvalue weighted by molar-refractivity contribution is -0.148. The van der Waals surface area contributed by atoms with Crippen LogP contribution in [0.5, 0.6) is 0 Å². The summed E-state index contributed by atoms with van der Waals surface area (Å²) in [5, 5.41) is 2.39. The number of amides is 1. The number of nitrogens with one attached hydrogen (secondary N) is 2. The molecule has 7 nitrogen and oxygen atoms in total. The average Bonchev–Trinajstić information content (AvgIpc) is 2.51. The third-order valence-corrected chi connectivity index (χ3v) is 4.46. The number of ether oxygens (including phenoxy) is 1. The summed E-state index contributed by atoms with van der Waals surface area (Å²) in [6, 6.07) is 5.92. The van der Waals surface area contributed by atoms with E-state index in [-0.39, 0.29) is 29.4 Å². The van der Waals surface area contributed by atoms with Crippen molar-refractivity contribution < 1.29 is 22.7 Å². The molecule has 0 aromatic heterocycles. The maximum Gasteiger partial charge on any atom is 0.307 e. The molecule has 1 rings (SSSR count). The maximum absolute atomic E-state index is 12.0. The Morgan fingerprint density at radius 2 is 2.00 bits per heavy atom. The molecule has 0 radical (unpaired) electrons. The van der Waals surface area contributed by atoms with Gasteiger partial charge in [0.25, 0.3) is 5.91 Å². The molecule has 0 aliphatic carbocycles. The number of carbonyl (C=O) groups excluding carboxylic acids is 2. The highest BCUT2D eigenvalue weighted by Gasteiger charge is 2.17. The molecule has 23 heavy (non-hydrogen) atoms. The lowest BCUT2D eigenvalue weighted by Crippen LogP contribution is -2.30. The van der Waals surface area contributed by atoms with E-state index in [9.17, 15) is 18.0 Å². The molecule has 0 spiro atoms. The predicted molar refractivity (Wildman–Crippen MR) is 84.1 cm³/mol. The van der Waals surface area contributed by atoms with E-state index in [1.165, 1.54) is 18.2 Å². The van der Waals surface area contributed by atoms with Gasteiger partial charge in [0.2, 0.25) is 10.0 Å². The minimum atomic E-state index is -3.82. The van der Waals surface area contributed by atoms with Crippen molar-refractivity contribution >= 4 is 33.5 Å². The van der Waals surface area contributed by atoms with Crippen molar-refractivity contribution in [1.29, 1.82) is 0 Å². The SMILES string of the molecule is C#CCNC(=O)COC(=O)CCNS(=O)(=O)c1ccccc1Cl. The lowest BCUT2D eigenvalue weighted by Gasteiger charge is -2.08. The van der Waals surface area contributed by atoms with Gasteiger partial charge in [-0.05, 0) is 12.1 Å². The minimum Gasteiger partial charge on any atom is -0.456 e. The van der Waals surface area contributed by atoms with Crippen molar-refractivity contribution in [3.05, 3.63) is 29.3 Å². The van der Waals surface area contributed by atoms with Crippen LogP contribution in [-0.2, 0) is 24.3 Å². The van der Waals surface area contributed by atoms with Crippen LogP contribution in [0.15, 0.2) is 29.2 Å². The third-order valence-electron chi connectivity index (χ3n) is 2.50. The van der Waals surface area contributed by atoms with E-state index >= 15 is 0 Å². The summed E-state index contributed by atoms with van der Waals surface area (Å²) in [5.74, 6) is 0.943. The predicted octanol–water partition coefficient (Wildman–Crippen LogP) is 0.301. The van der Waals surface area contributed by atoms with Crippen LogP contribution < -0.4 is 10.0 Å². The molecule has 0 aliphatic heterocycles. The van der Waals surface area contributed by atoms with E-state index in [2.05, 4.69) is 20.7 Å². The summed E-state index contributed by atoms with van der Waals surface area (Å²) >= 11 is 5.81. The molecule has 1 aromatic carbocycles. The molecular formula is C14H15ClN2O5S. The van der Waals surface area contributed by atoms with Gasteiger partial charge in [0.1, 0.15) is 4.90 Å². The van der Waals surface area contributed by atoms with E-state index in [0.717, 1.165) is 0 Å². The summed E-state index contributed by atoms with van der Waals surface area (Å²) in [4.78, 5) is 22.5.